The summed E-state index contributed by atoms with van der Waals surface area (Å²) in [4.78, 5) is 16.7. The molecule has 1 aromatic carbocycles. The molecule has 1 aromatic heterocycles. The van der Waals surface area contributed by atoms with Gasteiger partial charge in [0.2, 0.25) is 5.91 Å². The van der Waals surface area contributed by atoms with Gasteiger partial charge in [-0.25, -0.2) is 4.98 Å². The third-order valence-corrected chi connectivity index (χ3v) is 5.77. The number of benzene rings is 1. The van der Waals surface area contributed by atoms with Gasteiger partial charge in [0.05, 0.1) is 12.2 Å². The third kappa shape index (κ3) is 2.84. The van der Waals surface area contributed by atoms with E-state index in [9.17, 15) is 4.79 Å². The number of carbonyl (C=O) groups is 1. The molecule has 2 aromatic rings. The summed E-state index contributed by atoms with van der Waals surface area (Å²) >= 11 is 0. The molecule has 4 unspecified atom stereocenters. The Morgan fingerprint density at radius 3 is 2.75 bits per heavy atom. The summed E-state index contributed by atoms with van der Waals surface area (Å²) in [6.45, 7) is 1.32. The van der Waals surface area contributed by atoms with E-state index in [2.05, 4.69) is 22.4 Å². The van der Waals surface area contributed by atoms with Crippen LogP contribution in [0, 0.1) is 17.8 Å². The molecule has 5 heteroatoms. The lowest BCUT2D eigenvalue weighted by atomic mass is 9.84. The highest BCUT2D eigenvalue weighted by atomic mass is 16.1. The van der Waals surface area contributed by atoms with Crippen molar-refractivity contribution in [1.29, 1.82) is 0 Å². The van der Waals surface area contributed by atoms with Crippen LogP contribution < -0.4 is 11.1 Å². The topological polar surface area (TPSA) is 72.9 Å². The average molecular weight is 324 g/mol. The molecule has 0 radical (unpaired) electrons. The monoisotopic (exact) mass is 324 g/mol. The first-order valence-electron chi connectivity index (χ1n) is 8.78. The molecule has 4 rings (SSSR count). The first-order valence-corrected chi connectivity index (χ1v) is 8.78. The van der Waals surface area contributed by atoms with Crippen LogP contribution in [0.4, 0.5) is 0 Å². The van der Waals surface area contributed by atoms with Gasteiger partial charge in [0.1, 0.15) is 0 Å². The Morgan fingerprint density at radius 2 is 2.04 bits per heavy atom. The minimum atomic E-state index is 0.00422. The fourth-order valence-electron chi connectivity index (χ4n) is 4.49. The first kappa shape index (κ1) is 15.4. The van der Waals surface area contributed by atoms with E-state index in [1.165, 1.54) is 12.0 Å². The Labute approximate surface area is 142 Å². The summed E-state index contributed by atoms with van der Waals surface area (Å²) in [6, 6.07) is 8.27. The molecule has 2 bridgehead atoms. The Balaban J connectivity index is 1.42. The number of nitrogens with zero attached hydrogens (tertiary/aromatic N) is 2. The molecule has 126 valence electrons. The molecular weight excluding hydrogens is 300 g/mol. The lowest BCUT2D eigenvalue weighted by Gasteiger charge is -2.27. The van der Waals surface area contributed by atoms with Gasteiger partial charge in [-0.2, -0.15) is 0 Å². The quantitative estimate of drug-likeness (QED) is 0.882. The molecule has 0 saturated heterocycles. The fraction of sp³-hybridized carbons (Fsp3) is 0.474. The van der Waals surface area contributed by atoms with Gasteiger partial charge in [0.15, 0.2) is 0 Å². The maximum Gasteiger partial charge on any atom is 0.225 e. The maximum atomic E-state index is 12.6. The fourth-order valence-corrected chi connectivity index (χ4v) is 4.49. The second-order valence-corrected chi connectivity index (χ2v) is 7.16. The molecule has 2 aliphatic rings. The zero-order valence-electron chi connectivity index (χ0n) is 13.8. The van der Waals surface area contributed by atoms with Crippen LogP contribution in [0.3, 0.4) is 0 Å². The maximum absolute atomic E-state index is 12.6. The van der Waals surface area contributed by atoms with Crippen LogP contribution in [0.5, 0.6) is 0 Å². The van der Waals surface area contributed by atoms with Gasteiger partial charge in [0.25, 0.3) is 0 Å². The minimum absolute atomic E-state index is 0.00422. The predicted molar refractivity (Wildman–Crippen MR) is 91.9 cm³/mol. The molecule has 0 spiro atoms. The van der Waals surface area contributed by atoms with Gasteiger partial charge >= 0.3 is 0 Å². The van der Waals surface area contributed by atoms with Crippen molar-refractivity contribution in [3.63, 3.8) is 0 Å². The Hall–Kier alpha value is -2.14. The Bertz CT molecular complexity index is 710. The Kier molecular flexibility index (Phi) is 4.10. The summed E-state index contributed by atoms with van der Waals surface area (Å²) in [7, 11) is 0. The number of amides is 1. The highest BCUT2D eigenvalue weighted by Crippen LogP contribution is 2.47. The normalized spacial score (nSPS) is 28.2. The number of imidazole rings is 1. The molecule has 3 N–H and O–H groups in total. The third-order valence-electron chi connectivity index (χ3n) is 5.77. The molecule has 24 heavy (non-hydrogen) atoms. The summed E-state index contributed by atoms with van der Waals surface area (Å²) in [5, 5.41) is 3.13. The highest BCUT2D eigenvalue weighted by molar-refractivity contribution is 5.80. The van der Waals surface area contributed by atoms with Crippen molar-refractivity contribution in [3.05, 3.63) is 54.1 Å². The second-order valence-electron chi connectivity index (χ2n) is 7.16. The summed E-state index contributed by atoms with van der Waals surface area (Å²) in [6.07, 6.45) is 9.03. The first-order chi connectivity index (χ1) is 11.7. The van der Waals surface area contributed by atoms with Crippen LogP contribution in [0.15, 0.2) is 43.0 Å². The van der Waals surface area contributed by atoms with Crippen LogP contribution >= 0.6 is 0 Å². The van der Waals surface area contributed by atoms with Crippen molar-refractivity contribution >= 4 is 5.91 Å². The van der Waals surface area contributed by atoms with Crippen LogP contribution in [-0.4, -0.2) is 21.5 Å². The average Bonchev–Trinajstić information content (AvgIpc) is 3.31. The van der Waals surface area contributed by atoms with Crippen molar-refractivity contribution < 1.29 is 4.79 Å². The number of aromatic nitrogens is 2. The predicted octanol–water partition coefficient (Wildman–Crippen LogP) is 1.92. The lowest BCUT2D eigenvalue weighted by Crippen LogP contribution is -2.45. The summed E-state index contributed by atoms with van der Waals surface area (Å²) in [5.41, 5.74) is 8.63. The standard InChI is InChI=1S/C19H24N4O/c20-18-14-6-5-13(9-14)17(18)19(24)22-10-15-3-1-2-4-16(15)11-23-8-7-21-12-23/h1-4,7-8,12-14,17-18H,5-6,9-11,20H2,(H,22,24). The largest absolute Gasteiger partial charge is 0.352 e. The van der Waals surface area contributed by atoms with Crippen LogP contribution in [0.25, 0.3) is 0 Å². The molecule has 2 fully saturated rings. The van der Waals surface area contributed by atoms with E-state index >= 15 is 0 Å². The van der Waals surface area contributed by atoms with Gasteiger partial charge in [-0.1, -0.05) is 24.3 Å². The van der Waals surface area contributed by atoms with E-state index in [-0.39, 0.29) is 17.9 Å². The van der Waals surface area contributed by atoms with Crippen LogP contribution in [0.2, 0.25) is 0 Å². The van der Waals surface area contributed by atoms with Crippen molar-refractivity contribution in [2.24, 2.45) is 23.5 Å². The minimum Gasteiger partial charge on any atom is -0.352 e. The molecule has 1 amide bonds. The van der Waals surface area contributed by atoms with Crippen molar-refractivity contribution in [3.8, 4) is 0 Å². The number of rotatable bonds is 5. The zero-order valence-corrected chi connectivity index (χ0v) is 13.8. The number of carbonyl (C=O) groups excluding carboxylic acids is 1. The molecule has 2 aliphatic carbocycles. The highest BCUT2D eigenvalue weighted by Gasteiger charge is 2.48. The SMILES string of the molecule is NC1C2CCC(C2)C1C(=O)NCc1ccccc1Cn1ccnc1. The smallest absolute Gasteiger partial charge is 0.225 e. The number of hydrogen-bond donors (Lipinski definition) is 2. The number of hydrogen-bond acceptors (Lipinski definition) is 3. The molecule has 2 saturated carbocycles. The van der Waals surface area contributed by atoms with Crippen molar-refractivity contribution in [2.75, 3.05) is 0 Å². The molecule has 1 heterocycles. The van der Waals surface area contributed by atoms with Gasteiger partial charge in [0, 0.05) is 31.5 Å². The molecule has 4 atom stereocenters. The number of fused-ring (bicyclic) bond motifs is 2. The van der Waals surface area contributed by atoms with E-state index in [4.69, 9.17) is 5.73 Å². The van der Waals surface area contributed by atoms with Gasteiger partial charge in [-0.15, -0.1) is 0 Å². The lowest BCUT2D eigenvalue weighted by molar-refractivity contribution is -0.127. The number of nitrogens with one attached hydrogen (secondary N) is 1. The van der Waals surface area contributed by atoms with E-state index in [1.807, 2.05) is 29.2 Å². The molecular formula is C19H24N4O. The number of nitrogens with two attached hydrogens (primary N) is 1. The zero-order chi connectivity index (χ0) is 16.5. The van der Waals surface area contributed by atoms with E-state index in [0.29, 0.717) is 18.4 Å². The second kappa shape index (κ2) is 6.40. The summed E-state index contributed by atoms with van der Waals surface area (Å²) < 4.78 is 2.03. The van der Waals surface area contributed by atoms with Crippen molar-refractivity contribution in [2.45, 2.75) is 38.4 Å². The van der Waals surface area contributed by atoms with Crippen molar-refractivity contribution in [1.82, 2.24) is 14.9 Å². The van der Waals surface area contributed by atoms with Gasteiger partial charge in [-0.05, 0) is 42.2 Å². The van der Waals surface area contributed by atoms with E-state index < -0.39 is 0 Å². The van der Waals surface area contributed by atoms with E-state index in [0.717, 1.165) is 24.9 Å². The molecule has 5 nitrogen and oxygen atoms in total. The van der Waals surface area contributed by atoms with Crippen LogP contribution in [-0.2, 0) is 17.9 Å². The van der Waals surface area contributed by atoms with Gasteiger partial charge in [-0.3, -0.25) is 4.79 Å². The summed E-state index contributed by atoms with van der Waals surface area (Å²) in [5.74, 6) is 1.18. The van der Waals surface area contributed by atoms with Crippen LogP contribution in [0.1, 0.15) is 30.4 Å². The Morgan fingerprint density at radius 1 is 1.25 bits per heavy atom. The molecule has 0 aliphatic heterocycles. The van der Waals surface area contributed by atoms with Gasteiger partial charge < -0.3 is 15.6 Å². The van der Waals surface area contributed by atoms with E-state index in [1.54, 1.807) is 6.20 Å².